The van der Waals surface area contributed by atoms with Crippen molar-refractivity contribution >= 4 is 82.7 Å². The maximum Gasteiger partial charge on any atom is 0.201 e. The molecule has 0 radical (unpaired) electrons. The highest BCUT2D eigenvalue weighted by molar-refractivity contribution is 6.49. The van der Waals surface area contributed by atoms with Crippen molar-refractivity contribution in [2.24, 2.45) is 9.98 Å². The van der Waals surface area contributed by atoms with Gasteiger partial charge >= 0.3 is 0 Å². The van der Waals surface area contributed by atoms with Gasteiger partial charge in [-0.1, -0.05) is 103 Å². The zero-order chi connectivity index (χ0) is 31.3. The second kappa shape index (κ2) is 9.56. The van der Waals surface area contributed by atoms with Gasteiger partial charge in [-0.25, -0.2) is 9.98 Å². The Morgan fingerprint density at radius 3 is 2.12 bits per heavy atom. The fourth-order valence-corrected chi connectivity index (χ4v) is 8.16. The summed E-state index contributed by atoms with van der Waals surface area (Å²) in [6.07, 6.45) is 1.59. The minimum Gasteiger partial charge on any atom is -0.364 e. The number of anilines is 1. The number of nitrogens with one attached hydrogen (secondary N) is 2. The van der Waals surface area contributed by atoms with Gasteiger partial charge in [0.05, 0.1) is 27.6 Å². The van der Waals surface area contributed by atoms with Crippen molar-refractivity contribution in [1.82, 2.24) is 14.3 Å². The number of nitrogens with zero attached hydrogens (tertiary/aromatic N) is 4. The van der Waals surface area contributed by atoms with Crippen LogP contribution in [0.2, 0.25) is 0 Å². The predicted molar refractivity (Wildman–Crippen MR) is 200 cm³/mol. The minimum absolute atomic E-state index is 0.388. The molecule has 226 valence electrons. The Labute approximate surface area is 275 Å². The summed E-state index contributed by atoms with van der Waals surface area (Å²) in [5.74, 6) is 0.784. The first-order valence-corrected chi connectivity index (χ1v) is 16.4. The molecule has 0 amide bonds. The van der Waals surface area contributed by atoms with Crippen molar-refractivity contribution in [3.8, 4) is 0 Å². The topological polar surface area (TPSA) is 58.1 Å². The van der Waals surface area contributed by atoms with Crippen molar-refractivity contribution in [3.05, 3.63) is 151 Å². The van der Waals surface area contributed by atoms with E-state index in [1.807, 2.05) is 12.3 Å². The highest BCUT2D eigenvalue weighted by atomic mass is 15.3. The molecule has 0 aliphatic carbocycles. The zero-order valence-corrected chi connectivity index (χ0v) is 25.9. The SMILES string of the molecule is C1=C(c2ccccc2)CNC(C2=NC(n3c4cccc5c6cccc7c8ccccc8n(c8cccc3c8c54)c67)Nc3ccccc32)=N1. The van der Waals surface area contributed by atoms with Gasteiger partial charge in [-0.15, -0.1) is 0 Å². The Kier molecular flexibility index (Phi) is 5.13. The molecule has 11 rings (SSSR count). The number of para-hydroxylation sites is 3. The third kappa shape index (κ3) is 3.41. The molecule has 48 heavy (non-hydrogen) atoms. The van der Waals surface area contributed by atoms with Crippen LogP contribution >= 0.6 is 0 Å². The summed E-state index contributed by atoms with van der Waals surface area (Å²) >= 11 is 0. The summed E-state index contributed by atoms with van der Waals surface area (Å²) in [6, 6.07) is 47.7. The Bertz CT molecular complexity index is 2870. The molecular formula is C42H28N6. The zero-order valence-electron chi connectivity index (χ0n) is 25.9. The summed E-state index contributed by atoms with van der Waals surface area (Å²) in [5.41, 5.74) is 11.2. The molecule has 5 heterocycles. The van der Waals surface area contributed by atoms with Crippen molar-refractivity contribution in [3.63, 3.8) is 0 Å². The first-order valence-electron chi connectivity index (χ1n) is 16.4. The summed E-state index contributed by atoms with van der Waals surface area (Å²) in [5, 5.41) is 14.9. The molecule has 2 aliphatic rings. The molecule has 9 aromatic rings. The molecule has 6 nitrogen and oxygen atoms in total. The first kappa shape index (κ1) is 25.8. The van der Waals surface area contributed by atoms with Crippen LogP contribution in [-0.4, -0.2) is 27.1 Å². The van der Waals surface area contributed by atoms with Crippen LogP contribution in [0.5, 0.6) is 0 Å². The second-order valence-electron chi connectivity index (χ2n) is 12.7. The third-order valence-corrected chi connectivity index (χ3v) is 10.2. The van der Waals surface area contributed by atoms with Crippen molar-refractivity contribution in [2.75, 3.05) is 11.9 Å². The molecule has 6 aromatic carbocycles. The van der Waals surface area contributed by atoms with E-state index in [-0.39, 0.29) is 6.29 Å². The van der Waals surface area contributed by atoms with E-state index in [1.54, 1.807) is 0 Å². The lowest BCUT2D eigenvalue weighted by atomic mass is 10.0. The quantitative estimate of drug-likeness (QED) is 0.208. The van der Waals surface area contributed by atoms with Crippen LogP contribution < -0.4 is 10.6 Å². The number of aromatic nitrogens is 2. The van der Waals surface area contributed by atoms with E-state index in [9.17, 15) is 0 Å². The summed E-state index contributed by atoms with van der Waals surface area (Å²) in [7, 11) is 0. The molecule has 6 heteroatoms. The highest BCUT2D eigenvalue weighted by Crippen LogP contribution is 2.44. The van der Waals surface area contributed by atoms with E-state index < -0.39 is 0 Å². The lowest BCUT2D eigenvalue weighted by Crippen LogP contribution is -2.38. The average molecular weight is 617 g/mol. The number of aliphatic imine (C=N–C) groups is 2. The van der Waals surface area contributed by atoms with Gasteiger partial charge in [0.25, 0.3) is 0 Å². The van der Waals surface area contributed by atoms with E-state index in [0.717, 1.165) is 39.4 Å². The Balaban J connectivity index is 1.20. The van der Waals surface area contributed by atoms with Gasteiger partial charge in [-0.05, 0) is 46.9 Å². The van der Waals surface area contributed by atoms with Crippen LogP contribution in [0.15, 0.2) is 150 Å². The molecule has 3 aromatic heterocycles. The maximum atomic E-state index is 5.45. The standard InChI is InChI=1S/C42H28N6/c1-2-11-25(12-3-1)26-23-43-41(44-24-26)39-31-14-4-6-18-32(31)45-42(46-39)48-34-20-9-15-28-30-17-8-16-29-27-13-5-7-19-33(27)47(40(29)30)35-21-10-22-36(48)38(35)37(28)34/h1-23,42,45H,24H2,(H,43,44). The summed E-state index contributed by atoms with van der Waals surface area (Å²) in [4.78, 5) is 10.4. The van der Waals surface area contributed by atoms with Gasteiger partial charge in [0.1, 0.15) is 5.71 Å². The van der Waals surface area contributed by atoms with Gasteiger partial charge in [0.15, 0.2) is 5.84 Å². The summed E-state index contributed by atoms with van der Waals surface area (Å²) < 4.78 is 4.85. The van der Waals surface area contributed by atoms with Crippen molar-refractivity contribution in [1.29, 1.82) is 0 Å². The van der Waals surface area contributed by atoms with E-state index in [2.05, 4.69) is 147 Å². The normalized spacial score (nSPS) is 16.3. The van der Waals surface area contributed by atoms with Gasteiger partial charge in [-0.3, -0.25) is 0 Å². The molecule has 1 unspecified atom stereocenters. The number of hydrogen-bond acceptors (Lipinski definition) is 4. The maximum absolute atomic E-state index is 5.45. The Morgan fingerprint density at radius 2 is 1.25 bits per heavy atom. The third-order valence-electron chi connectivity index (χ3n) is 10.2. The first-order chi connectivity index (χ1) is 23.8. The summed E-state index contributed by atoms with van der Waals surface area (Å²) in [6.45, 7) is 0.683. The molecule has 0 spiro atoms. The van der Waals surface area contributed by atoms with Gasteiger partial charge in [0.2, 0.25) is 6.29 Å². The number of amidine groups is 1. The van der Waals surface area contributed by atoms with Crippen molar-refractivity contribution < 1.29 is 0 Å². The molecular weight excluding hydrogens is 589 g/mol. The Hall–Kier alpha value is -6.40. The van der Waals surface area contributed by atoms with E-state index >= 15 is 0 Å². The lowest BCUT2D eigenvalue weighted by molar-refractivity contribution is 0.625. The largest absolute Gasteiger partial charge is 0.364 e. The monoisotopic (exact) mass is 616 g/mol. The van der Waals surface area contributed by atoms with Crippen LogP contribution in [0.25, 0.3) is 65.5 Å². The number of fused-ring (bicyclic) bond motifs is 6. The van der Waals surface area contributed by atoms with Gasteiger partial charge in [0, 0.05) is 50.9 Å². The van der Waals surface area contributed by atoms with Crippen molar-refractivity contribution in [2.45, 2.75) is 6.29 Å². The fourth-order valence-electron chi connectivity index (χ4n) is 8.16. The smallest absolute Gasteiger partial charge is 0.201 e. The van der Waals surface area contributed by atoms with Crippen LogP contribution in [0.1, 0.15) is 17.4 Å². The molecule has 2 N–H and O–H groups in total. The highest BCUT2D eigenvalue weighted by Gasteiger charge is 2.29. The number of benzene rings is 6. The predicted octanol–water partition coefficient (Wildman–Crippen LogP) is 9.36. The van der Waals surface area contributed by atoms with Gasteiger partial charge in [-0.2, -0.15) is 0 Å². The second-order valence-corrected chi connectivity index (χ2v) is 12.7. The molecule has 2 aliphatic heterocycles. The van der Waals surface area contributed by atoms with E-state index in [0.29, 0.717) is 6.54 Å². The molecule has 1 atom stereocenters. The number of hydrogen-bond donors (Lipinski definition) is 2. The molecule has 0 saturated carbocycles. The Morgan fingerprint density at radius 1 is 0.583 bits per heavy atom. The average Bonchev–Trinajstić information content (AvgIpc) is 3.64. The molecule has 0 bridgehead atoms. The van der Waals surface area contributed by atoms with E-state index in [4.69, 9.17) is 9.98 Å². The van der Waals surface area contributed by atoms with Crippen LogP contribution in [0, 0.1) is 0 Å². The van der Waals surface area contributed by atoms with E-state index in [1.165, 1.54) is 54.4 Å². The lowest BCUT2D eigenvalue weighted by Gasteiger charge is -2.29. The van der Waals surface area contributed by atoms with Crippen LogP contribution in [-0.2, 0) is 0 Å². The van der Waals surface area contributed by atoms with Gasteiger partial charge < -0.3 is 19.6 Å². The van der Waals surface area contributed by atoms with Crippen LogP contribution in [0.4, 0.5) is 5.69 Å². The van der Waals surface area contributed by atoms with Crippen LogP contribution in [0.3, 0.4) is 0 Å². The fraction of sp³-hybridized carbons (Fsp3) is 0.0476. The number of rotatable bonds is 3. The minimum atomic E-state index is -0.388. The molecule has 0 fully saturated rings. The molecule has 0 saturated heterocycles.